The number of halogens is 1. The van der Waals surface area contributed by atoms with Crippen molar-refractivity contribution in [3.05, 3.63) is 23.9 Å². The zero-order valence-corrected chi connectivity index (χ0v) is 17.5. The molecule has 0 aromatic carbocycles. The number of pyridine rings is 1. The fourth-order valence-corrected chi connectivity index (χ4v) is 2.67. The first-order valence-corrected chi connectivity index (χ1v) is 8.91. The standard InChI is InChI=1S/C18H31N5.HI/c1-4-19-18(21-9-7-15(2)3)22-14-16-8-10-20-17(13-16)23-11-5-6-12-23;/h8,10,13,15H,4-7,9,11-12,14H2,1-3H3,(H2,19,21,22);1H. The normalized spacial score (nSPS) is 14.7. The molecule has 136 valence electrons. The molecule has 0 radical (unpaired) electrons. The molecule has 2 N–H and O–H groups in total. The Morgan fingerprint density at radius 3 is 2.71 bits per heavy atom. The van der Waals surface area contributed by atoms with Gasteiger partial charge in [-0.1, -0.05) is 13.8 Å². The molecule has 1 aromatic rings. The molecule has 0 aliphatic carbocycles. The van der Waals surface area contributed by atoms with Crippen molar-refractivity contribution >= 4 is 35.8 Å². The van der Waals surface area contributed by atoms with Crippen molar-refractivity contribution in [2.24, 2.45) is 10.9 Å². The van der Waals surface area contributed by atoms with Gasteiger partial charge >= 0.3 is 0 Å². The van der Waals surface area contributed by atoms with E-state index in [1.165, 1.54) is 18.4 Å². The van der Waals surface area contributed by atoms with E-state index in [1.54, 1.807) is 0 Å². The topological polar surface area (TPSA) is 52.6 Å². The van der Waals surface area contributed by atoms with E-state index >= 15 is 0 Å². The van der Waals surface area contributed by atoms with Gasteiger partial charge in [0.25, 0.3) is 0 Å². The summed E-state index contributed by atoms with van der Waals surface area (Å²) in [5.74, 6) is 2.69. The Morgan fingerprint density at radius 2 is 2.04 bits per heavy atom. The molecular formula is C18H32IN5. The van der Waals surface area contributed by atoms with Gasteiger partial charge in [0.15, 0.2) is 5.96 Å². The number of hydrogen-bond donors (Lipinski definition) is 2. The van der Waals surface area contributed by atoms with Gasteiger partial charge in [-0.2, -0.15) is 0 Å². The Bertz CT molecular complexity index is 498. The van der Waals surface area contributed by atoms with Gasteiger partial charge in [-0.15, -0.1) is 24.0 Å². The van der Waals surface area contributed by atoms with E-state index in [-0.39, 0.29) is 24.0 Å². The van der Waals surface area contributed by atoms with Crippen LogP contribution in [0.5, 0.6) is 0 Å². The largest absolute Gasteiger partial charge is 0.357 e. The summed E-state index contributed by atoms with van der Waals surface area (Å²) in [5, 5.41) is 6.71. The Balaban J connectivity index is 0.00000288. The second-order valence-corrected chi connectivity index (χ2v) is 6.52. The average molecular weight is 445 g/mol. The third-order valence-corrected chi connectivity index (χ3v) is 4.02. The Kier molecular flexibility index (Phi) is 10.1. The molecule has 24 heavy (non-hydrogen) atoms. The van der Waals surface area contributed by atoms with Crippen LogP contribution >= 0.6 is 24.0 Å². The van der Waals surface area contributed by atoms with Crippen LogP contribution in [0.2, 0.25) is 0 Å². The molecule has 1 aliphatic rings. The van der Waals surface area contributed by atoms with Crippen molar-refractivity contribution < 1.29 is 0 Å². The maximum Gasteiger partial charge on any atom is 0.191 e. The molecule has 0 bridgehead atoms. The van der Waals surface area contributed by atoms with E-state index in [0.29, 0.717) is 12.5 Å². The fourth-order valence-electron chi connectivity index (χ4n) is 2.67. The van der Waals surface area contributed by atoms with Crippen LogP contribution in [-0.4, -0.2) is 37.1 Å². The summed E-state index contributed by atoms with van der Waals surface area (Å²) in [4.78, 5) is 11.6. The van der Waals surface area contributed by atoms with Gasteiger partial charge in [-0.05, 0) is 49.8 Å². The Labute approximate surface area is 163 Å². The second kappa shape index (κ2) is 11.5. The number of guanidine groups is 1. The lowest BCUT2D eigenvalue weighted by molar-refractivity contribution is 0.573. The van der Waals surface area contributed by atoms with E-state index in [9.17, 15) is 0 Å². The van der Waals surface area contributed by atoms with Crippen molar-refractivity contribution in [2.45, 2.75) is 46.6 Å². The molecule has 2 rings (SSSR count). The molecule has 2 heterocycles. The summed E-state index contributed by atoms with van der Waals surface area (Å²) in [5.41, 5.74) is 1.21. The van der Waals surface area contributed by atoms with Crippen molar-refractivity contribution in [1.29, 1.82) is 0 Å². The van der Waals surface area contributed by atoms with E-state index in [1.807, 2.05) is 6.20 Å². The quantitative estimate of drug-likeness (QED) is 0.384. The van der Waals surface area contributed by atoms with Crippen molar-refractivity contribution in [3.8, 4) is 0 Å². The summed E-state index contributed by atoms with van der Waals surface area (Å²) in [6.07, 6.45) is 5.60. The minimum absolute atomic E-state index is 0. The molecule has 0 amide bonds. The number of nitrogens with one attached hydrogen (secondary N) is 2. The zero-order chi connectivity index (χ0) is 16.5. The van der Waals surface area contributed by atoms with Gasteiger partial charge in [-0.25, -0.2) is 9.98 Å². The number of rotatable bonds is 7. The molecule has 0 spiro atoms. The lowest BCUT2D eigenvalue weighted by Gasteiger charge is -2.16. The van der Waals surface area contributed by atoms with Gasteiger partial charge in [0.05, 0.1) is 6.54 Å². The number of hydrogen-bond acceptors (Lipinski definition) is 3. The molecule has 1 fully saturated rings. The molecular weight excluding hydrogens is 413 g/mol. The van der Waals surface area contributed by atoms with Crippen molar-refractivity contribution in [3.63, 3.8) is 0 Å². The van der Waals surface area contributed by atoms with Gasteiger partial charge in [0.2, 0.25) is 0 Å². The predicted molar refractivity (Wildman–Crippen MR) is 113 cm³/mol. The van der Waals surface area contributed by atoms with Crippen molar-refractivity contribution in [2.75, 3.05) is 31.1 Å². The molecule has 5 nitrogen and oxygen atoms in total. The van der Waals surface area contributed by atoms with Crippen LogP contribution in [0.15, 0.2) is 23.3 Å². The SMILES string of the molecule is CCNC(=NCc1ccnc(N2CCCC2)c1)NCCC(C)C.I. The zero-order valence-electron chi connectivity index (χ0n) is 15.2. The first-order chi connectivity index (χ1) is 11.2. The van der Waals surface area contributed by atoms with Gasteiger partial charge < -0.3 is 15.5 Å². The van der Waals surface area contributed by atoms with Crippen LogP contribution in [0.4, 0.5) is 5.82 Å². The minimum atomic E-state index is 0. The van der Waals surface area contributed by atoms with E-state index in [4.69, 9.17) is 4.99 Å². The predicted octanol–water partition coefficient (Wildman–Crippen LogP) is 3.40. The van der Waals surface area contributed by atoms with Crippen LogP contribution in [-0.2, 0) is 6.54 Å². The molecule has 1 saturated heterocycles. The molecule has 0 unspecified atom stereocenters. The van der Waals surface area contributed by atoms with Crippen LogP contribution < -0.4 is 15.5 Å². The molecule has 0 atom stereocenters. The average Bonchev–Trinajstić information content (AvgIpc) is 3.07. The number of anilines is 1. The Hall–Kier alpha value is -1.05. The summed E-state index contributed by atoms with van der Waals surface area (Å²) >= 11 is 0. The monoisotopic (exact) mass is 445 g/mol. The third-order valence-electron chi connectivity index (χ3n) is 4.02. The van der Waals surface area contributed by atoms with Crippen LogP contribution in [0.1, 0.15) is 45.6 Å². The van der Waals surface area contributed by atoms with E-state index < -0.39 is 0 Å². The highest BCUT2D eigenvalue weighted by Crippen LogP contribution is 2.18. The van der Waals surface area contributed by atoms with Crippen molar-refractivity contribution in [1.82, 2.24) is 15.6 Å². The number of nitrogens with zero attached hydrogens (tertiary/aromatic N) is 3. The summed E-state index contributed by atoms with van der Waals surface area (Å²) in [6.45, 7) is 11.3. The number of aliphatic imine (C=N–C) groups is 1. The van der Waals surface area contributed by atoms with Crippen LogP contribution in [0.25, 0.3) is 0 Å². The lowest BCUT2D eigenvalue weighted by atomic mass is 10.1. The van der Waals surface area contributed by atoms with Gasteiger partial charge in [0.1, 0.15) is 5.82 Å². The van der Waals surface area contributed by atoms with Crippen LogP contribution in [0.3, 0.4) is 0 Å². The highest BCUT2D eigenvalue weighted by atomic mass is 127. The number of aromatic nitrogens is 1. The Morgan fingerprint density at radius 1 is 1.29 bits per heavy atom. The molecule has 6 heteroatoms. The van der Waals surface area contributed by atoms with E-state index in [0.717, 1.165) is 44.4 Å². The van der Waals surface area contributed by atoms with Crippen LogP contribution in [0, 0.1) is 5.92 Å². The smallest absolute Gasteiger partial charge is 0.191 e. The highest BCUT2D eigenvalue weighted by Gasteiger charge is 2.13. The highest BCUT2D eigenvalue weighted by molar-refractivity contribution is 14.0. The first-order valence-electron chi connectivity index (χ1n) is 8.91. The summed E-state index contributed by atoms with van der Waals surface area (Å²) in [6, 6.07) is 4.23. The summed E-state index contributed by atoms with van der Waals surface area (Å²) in [7, 11) is 0. The molecule has 1 aromatic heterocycles. The molecule has 1 aliphatic heterocycles. The lowest BCUT2D eigenvalue weighted by Crippen LogP contribution is -2.38. The minimum Gasteiger partial charge on any atom is -0.357 e. The maximum absolute atomic E-state index is 4.70. The maximum atomic E-state index is 4.70. The molecule has 0 saturated carbocycles. The fraction of sp³-hybridized carbons (Fsp3) is 0.667. The summed E-state index contributed by atoms with van der Waals surface area (Å²) < 4.78 is 0. The van der Waals surface area contributed by atoms with E-state index in [2.05, 4.69) is 53.4 Å². The first kappa shape index (κ1) is 21.0. The second-order valence-electron chi connectivity index (χ2n) is 6.52. The van der Waals surface area contributed by atoms with Gasteiger partial charge in [-0.3, -0.25) is 0 Å². The third kappa shape index (κ3) is 7.23. The van der Waals surface area contributed by atoms with Gasteiger partial charge in [0, 0.05) is 32.4 Å².